The lowest BCUT2D eigenvalue weighted by molar-refractivity contribution is 0.0598. The fourth-order valence-corrected chi connectivity index (χ4v) is 2.85. The number of pyridine rings is 1. The summed E-state index contributed by atoms with van der Waals surface area (Å²) in [7, 11) is 1.35. The van der Waals surface area contributed by atoms with Crippen LogP contribution in [0.2, 0.25) is 5.02 Å². The minimum Gasteiger partial charge on any atom is -0.465 e. The highest BCUT2D eigenvalue weighted by molar-refractivity contribution is 6.30. The predicted molar refractivity (Wildman–Crippen MR) is 85.5 cm³/mol. The molecule has 2 aromatic rings. The van der Waals surface area contributed by atoms with Crippen molar-refractivity contribution in [1.82, 2.24) is 9.88 Å². The predicted octanol–water partition coefficient (Wildman–Crippen LogP) is 2.72. The van der Waals surface area contributed by atoms with E-state index >= 15 is 0 Å². The van der Waals surface area contributed by atoms with Crippen LogP contribution >= 0.6 is 11.6 Å². The maximum Gasteiger partial charge on any atom is 0.339 e. The Morgan fingerprint density at radius 2 is 1.96 bits per heavy atom. The van der Waals surface area contributed by atoms with Gasteiger partial charge in [-0.2, -0.15) is 0 Å². The van der Waals surface area contributed by atoms with Crippen LogP contribution in [0.25, 0.3) is 0 Å². The van der Waals surface area contributed by atoms with E-state index < -0.39 is 5.97 Å². The third-order valence-corrected chi connectivity index (χ3v) is 4.18. The maximum absolute atomic E-state index is 12.6. The van der Waals surface area contributed by atoms with Crippen molar-refractivity contribution >= 4 is 23.5 Å². The molecule has 0 bridgehead atoms. The summed E-state index contributed by atoms with van der Waals surface area (Å²) in [5.41, 5.74) is 2.85. The molecule has 6 heteroatoms. The van der Waals surface area contributed by atoms with Gasteiger partial charge in [0, 0.05) is 36.1 Å². The lowest BCUT2D eigenvalue weighted by atomic mass is 9.96. The molecule has 0 saturated carbocycles. The van der Waals surface area contributed by atoms with Gasteiger partial charge >= 0.3 is 5.97 Å². The summed E-state index contributed by atoms with van der Waals surface area (Å²) >= 11 is 5.85. The van der Waals surface area contributed by atoms with Gasteiger partial charge in [0.1, 0.15) is 0 Å². The number of rotatable bonds is 2. The smallest absolute Gasteiger partial charge is 0.339 e. The number of hydrogen-bond acceptors (Lipinski definition) is 4. The standard InChI is InChI=1S/C17H15ClN2O3/c1-23-17(22)15-9-19-8-12-10-20(7-6-14(12)15)16(21)11-2-4-13(18)5-3-11/h2-5,8-9H,6-7,10H2,1H3. The van der Waals surface area contributed by atoms with Crippen LogP contribution in [0.15, 0.2) is 36.7 Å². The van der Waals surface area contributed by atoms with Crippen molar-refractivity contribution in [2.45, 2.75) is 13.0 Å². The summed E-state index contributed by atoms with van der Waals surface area (Å²) < 4.78 is 4.79. The molecule has 0 aliphatic carbocycles. The molecule has 0 atom stereocenters. The molecule has 1 aliphatic rings. The Kier molecular flexibility index (Phi) is 4.30. The minimum atomic E-state index is -0.396. The number of methoxy groups -OCH3 is 1. The number of esters is 1. The molecule has 1 aliphatic heterocycles. The van der Waals surface area contributed by atoms with Gasteiger partial charge in [-0.3, -0.25) is 9.78 Å². The van der Waals surface area contributed by atoms with E-state index in [0.717, 1.165) is 11.1 Å². The van der Waals surface area contributed by atoms with Gasteiger partial charge in [0.25, 0.3) is 5.91 Å². The fraction of sp³-hybridized carbons (Fsp3) is 0.235. The Hall–Kier alpha value is -2.40. The molecule has 2 heterocycles. The molecule has 23 heavy (non-hydrogen) atoms. The Balaban J connectivity index is 1.84. The summed E-state index contributed by atoms with van der Waals surface area (Å²) in [6.07, 6.45) is 3.81. The summed E-state index contributed by atoms with van der Waals surface area (Å²) in [6.45, 7) is 0.969. The highest BCUT2D eigenvalue weighted by atomic mass is 35.5. The second kappa shape index (κ2) is 6.38. The topological polar surface area (TPSA) is 59.5 Å². The maximum atomic E-state index is 12.6. The number of ether oxygens (including phenoxy) is 1. The Morgan fingerprint density at radius 1 is 1.22 bits per heavy atom. The zero-order valence-corrected chi connectivity index (χ0v) is 13.3. The van der Waals surface area contributed by atoms with Crippen LogP contribution in [0.5, 0.6) is 0 Å². The second-order valence-electron chi connectivity index (χ2n) is 5.30. The zero-order chi connectivity index (χ0) is 16.4. The monoisotopic (exact) mass is 330 g/mol. The van der Waals surface area contributed by atoms with E-state index in [1.54, 1.807) is 35.4 Å². The van der Waals surface area contributed by atoms with E-state index in [9.17, 15) is 9.59 Å². The number of amides is 1. The first-order valence-corrected chi connectivity index (χ1v) is 7.57. The number of halogens is 1. The largest absolute Gasteiger partial charge is 0.465 e. The molecule has 0 radical (unpaired) electrons. The normalized spacial score (nSPS) is 13.4. The molecule has 0 fully saturated rings. The van der Waals surface area contributed by atoms with Crippen molar-refractivity contribution in [2.24, 2.45) is 0 Å². The molecule has 3 rings (SSSR count). The molecule has 1 aromatic carbocycles. The molecule has 0 spiro atoms. The molecule has 118 valence electrons. The van der Waals surface area contributed by atoms with Crippen LogP contribution in [-0.2, 0) is 17.7 Å². The number of nitrogens with zero attached hydrogens (tertiary/aromatic N) is 2. The zero-order valence-electron chi connectivity index (χ0n) is 12.6. The summed E-state index contributed by atoms with van der Waals surface area (Å²) in [5.74, 6) is -0.456. The van der Waals surface area contributed by atoms with Gasteiger partial charge in [-0.15, -0.1) is 0 Å². The quantitative estimate of drug-likeness (QED) is 0.794. The van der Waals surface area contributed by atoms with Gasteiger partial charge in [-0.05, 0) is 41.8 Å². The first-order chi connectivity index (χ1) is 11.1. The Morgan fingerprint density at radius 3 is 2.65 bits per heavy atom. The number of benzene rings is 1. The first kappa shape index (κ1) is 15.5. The van der Waals surface area contributed by atoms with Gasteiger partial charge in [0.15, 0.2) is 0 Å². The third kappa shape index (κ3) is 3.05. The van der Waals surface area contributed by atoms with Crippen molar-refractivity contribution in [3.05, 3.63) is 63.9 Å². The summed E-state index contributed by atoms with van der Waals surface area (Å²) in [5, 5.41) is 0.595. The van der Waals surface area contributed by atoms with Crippen LogP contribution in [0.4, 0.5) is 0 Å². The summed E-state index contributed by atoms with van der Waals surface area (Å²) in [6, 6.07) is 6.82. The van der Waals surface area contributed by atoms with E-state index in [2.05, 4.69) is 4.98 Å². The molecule has 0 unspecified atom stereocenters. The average molecular weight is 331 g/mol. The van der Waals surface area contributed by atoms with Gasteiger partial charge in [0.2, 0.25) is 0 Å². The number of aromatic nitrogens is 1. The van der Waals surface area contributed by atoms with Crippen molar-refractivity contribution < 1.29 is 14.3 Å². The number of carbonyl (C=O) groups excluding carboxylic acids is 2. The van der Waals surface area contributed by atoms with Crippen molar-refractivity contribution in [2.75, 3.05) is 13.7 Å². The van der Waals surface area contributed by atoms with Gasteiger partial charge < -0.3 is 9.64 Å². The van der Waals surface area contributed by atoms with E-state index in [4.69, 9.17) is 16.3 Å². The first-order valence-electron chi connectivity index (χ1n) is 7.19. The molecule has 5 nitrogen and oxygen atoms in total. The minimum absolute atomic E-state index is 0.0595. The van der Waals surface area contributed by atoms with Crippen molar-refractivity contribution in [3.8, 4) is 0 Å². The van der Waals surface area contributed by atoms with E-state index in [-0.39, 0.29) is 5.91 Å². The van der Waals surface area contributed by atoms with Crippen molar-refractivity contribution in [1.29, 1.82) is 0 Å². The van der Waals surface area contributed by atoms with Gasteiger partial charge in [0.05, 0.1) is 12.7 Å². The number of fused-ring (bicyclic) bond motifs is 1. The SMILES string of the molecule is COC(=O)c1cncc2c1CCN(C(=O)c1ccc(Cl)cc1)C2. The van der Waals surface area contributed by atoms with Gasteiger partial charge in [-0.25, -0.2) is 4.79 Å². The molecule has 1 amide bonds. The van der Waals surface area contributed by atoms with E-state index in [0.29, 0.717) is 35.7 Å². The molecular weight excluding hydrogens is 316 g/mol. The summed E-state index contributed by atoms with van der Waals surface area (Å²) in [4.78, 5) is 30.2. The highest BCUT2D eigenvalue weighted by Gasteiger charge is 2.25. The number of carbonyl (C=O) groups is 2. The molecular formula is C17H15ClN2O3. The lowest BCUT2D eigenvalue weighted by Crippen LogP contribution is -2.36. The fourth-order valence-electron chi connectivity index (χ4n) is 2.73. The van der Waals surface area contributed by atoms with Gasteiger partial charge in [-0.1, -0.05) is 11.6 Å². The molecule has 0 N–H and O–H groups in total. The van der Waals surface area contributed by atoms with Crippen LogP contribution < -0.4 is 0 Å². The van der Waals surface area contributed by atoms with E-state index in [1.165, 1.54) is 13.3 Å². The van der Waals surface area contributed by atoms with Crippen LogP contribution in [0.3, 0.4) is 0 Å². The molecule has 0 saturated heterocycles. The highest BCUT2D eigenvalue weighted by Crippen LogP contribution is 2.23. The van der Waals surface area contributed by atoms with Crippen LogP contribution in [0, 0.1) is 0 Å². The Labute approximate surface area is 138 Å². The lowest BCUT2D eigenvalue weighted by Gasteiger charge is -2.29. The van der Waals surface area contributed by atoms with Crippen LogP contribution in [0.1, 0.15) is 31.8 Å². The molecule has 1 aromatic heterocycles. The third-order valence-electron chi connectivity index (χ3n) is 3.92. The Bertz CT molecular complexity index is 759. The number of hydrogen-bond donors (Lipinski definition) is 0. The van der Waals surface area contributed by atoms with E-state index in [1.807, 2.05) is 0 Å². The second-order valence-corrected chi connectivity index (χ2v) is 5.74. The van der Waals surface area contributed by atoms with Crippen LogP contribution in [-0.4, -0.2) is 35.4 Å². The average Bonchev–Trinajstić information content (AvgIpc) is 2.60. The van der Waals surface area contributed by atoms with Crippen molar-refractivity contribution in [3.63, 3.8) is 0 Å².